The van der Waals surface area contributed by atoms with Crippen molar-refractivity contribution in [2.24, 2.45) is 5.73 Å². The van der Waals surface area contributed by atoms with Gasteiger partial charge in [-0.1, -0.05) is 18.2 Å². The lowest BCUT2D eigenvalue weighted by molar-refractivity contribution is 0.748. The maximum absolute atomic E-state index is 6.34. The van der Waals surface area contributed by atoms with Gasteiger partial charge in [0.2, 0.25) is 0 Å². The van der Waals surface area contributed by atoms with Gasteiger partial charge in [0.1, 0.15) is 0 Å². The van der Waals surface area contributed by atoms with Crippen molar-refractivity contribution in [3.05, 3.63) is 69.1 Å². The molecule has 3 nitrogen and oxygen atoms in total. The fourth-order valence-corrected chi connectivity index (χ4v) is 3.43. The minimum atomic E-state index is -0.168. The second-order valence-corrected chi connectivity index (χ2v) is 6.01. The molecular weight excluding hydrogens is 322 g/mol. The average Bonchev–Trinajstić information content (AvgIpc) is 3.07. The molecule has 3 rings (SSSR count). The predicted molar refractivity (Wildman–Crippen MR) is 81.6 cm³/mol. The van der Waals surface area contributed by atoms with Crippen LogP contribution in [-0.2, 0) is 0 Å². The van der Waals surface area contributed by atoms with E-state index in [1.165, 1.54) is 0 Å². The van der Waals surface area contributed by atoms with Crippen LogP contribution in [0, 0.1) is 0 Å². The minimum Gasteiger partial charge on any atom is -0.318 e. The quantitative estimate of drug-likeness (QED) is 0.793. The number of rotatable bonds is 3. The van der Waals surface area contributed by atoms with Crippen molar-refractivity contribution in [1.82, 2.24) is 9.78 Å². The Hall–Kier alpha value is -1.43. The molecule has 1 unspecified atom stereocenters. The summed E-state index contributed by atoms with van der Waals surface area (Å²) >= 11 is 5.11. The molecule has 1 aromatic carbocycles. The van der Waals surface area contributed by atoms with Crippen molar-refractivity contribution in [3.8, 4) is 5.69 Å². The number of aromatic nitrogens is 2. The van der Waals surface area contributed by atoms with E-state index < -0.39 is 0 Å². The number of thiophene rings is 1. The summed E-state index contributed by atoms with van der Waals surface area (Å²) in [6, 6.07) is 13.9. The molecule has 2 aromatic heterocycles. The van der Waals surface area contributed by atoms with Gasteiger partial charge >= 0.3 is 0 Å². The monoisotopic (exact) mass is 333 g/mol. The molecular formula is C14H12BrN3S. The van der Waals surface area contributed by atoms with Crippen molar-refractivity contribution in [1.29, 1.82) is 0 Å². The van der Waals surface area contributed by atoms with Crippen LogP contribution in [0.5, 0.6) is 0 Å². The fraction of sp³-hybridized carbons (Fsp3) is 0.0714. The first-order chi connectivity index (χ1) is 9.25. The van der Waals surface area contributed by atoms with Crippen molar-refractivity contribution in [2.45, 2.75) is 6.04 Å². The second kappa shape index (κ2) is 5.28. The van der Waals surface area contributed by atoms with Crippen LogP contribution in [0.1, 0.15) is 16.6 Å². The molecule has 0 saturated heterocycles. The third-order valence-corrected chi connectivity index (χ3v) is 4.66. The van der Waals surface area contributed by atoms with Gasteiger partial charge in [-0.25, -0.2) is 4.68 Å². The molecule has 0 bridgehead atoms. The first-order valence-electron chi connectivity index (χ1n) is 5.84. The summed E-state index contributed by atoms with van der Waals surface area (Å²) in [6.07, 6.45) is 1.78. The molecule has 0 aliphatic heterocycles. The predicted octanol–water partition coefficient (Wildman–Crippen LogP) is 3.74. The molecule has 0 fully saturated rings. The normalized spacial score (nSPS) is 12.5. The molecule has 5 heteroatoms. The van der Waals surface area contributed by atoms with Gasteiger partial charge in [0.05, 0.1) is 17.4 Å². The highest BCUT2D eigenvalue weighted by Gasteiger charge is 2.16. The number of nitrogens with two attached hydrogens (primary N) is 1. The van der Waals surface area contributed by atoms with Gasteiger partial charge in [0, 0.05) is 20.9 Å². The van der Waals surface area contributed by atoms with Crippen LogP contribution >= 0.6 is 27.3 Å². The van der Waals surface area contributed by atoms with E-state index in [0.717, 1.165) is 20.7 Å². The third kappa shape index (κ3) is 2.49. The molecule has 0 aliphatic rings. The topological polar surface area (TPSA) is 43.8 Å². The zero-order valence-electron chi connectivity index (χ0n) is 10.0. The number of hydrogen-bond donors (Lipinski definition) is 1. The Morgan fingerprint density at radius 2 is 2.00 bits per heavy atom. The number of halogens is 1. The van der Waals surface area contributed by atoms with E-state index >= 15 is 0 Å². The van der Waals surface area contributed by atoms with E-state index in [2.05, 4.69) is 27.1 Å². The summed E-state index contributed by atoms with van der Waals surface area (Å²) in [4.78, 5) is 1.12. The van der Waals surface area contributed by atoms with Crippen LogP contribution in [0.2, 0.25) is 0 Å². The zero-order chi connectivity index (χ0) is 13.2. The molecule has 0 amide bonds. The van der Waals surface area contributed by atoms with E-state index in [1.807, 2.05) is 46.5 Å². The van der Waals surface area contributed by atoms with Crippen LogP contribution in [0.3, 0.4) is 0 Å². The lowest BCUT2D eigenvalue weighted by Gasteiger charge is -2.12. The van der Waals surface area contributed by atoms with Crippen molar-refractivity contribution in [2.75, 3.05) is 0 Å². The van der Waals surface area contributed by atoms with Crippen molar-refractivity contribution >= 4 is 27.3 Å². The molecule has 0 saturated carbocycles. The summed E-state index contributed by atoms with van der Waals surface area (Å²) in [5.74, 6) is 0. The zero-order valence-corrected chi connectivity index (χ0v) is 12.4. The Morgan fingerprint density at radius 1 is 1.21 bits per heavy atom. The van der Waals surface area contributed by atoms with Crippen molar-refractivity contribution in [3.63, 3.8) is 0 Å². The van der Waals surface area contributed by atoms with Crippen LogP contribution in [-0.4, -0.2) is 9.78 Å². The Balaban J connectivity index is 2.01. The Morgan fingerprint density at radius 3 is 2.68 bits per heavy atom. The molecule has 96 valence electrons. The first-order valence-corrected chi connectivity index (χ1v) is 7.52. The largest absolute Gasteiger partial charge is 0.318 e. The Bertz CT molecular complexity index is 675. The molecule has 1 atom stereocenters. The molecule has 3 aromatic rings. The smallest absolute Gasteiger partial charge is 0.0821 e. The number of benzene rings is 1. The van der Waals surface area contributed by atoms with Crippen LogP contribution in [0.4, 0.5) is 0 Å². The van der Waals surface area contributed by atoms with Crippen LogP contribution in [0.15, 0.2) is 58.5 Å². The summed E-state index contributed by atoms with van der Waals surface area (Å²) in [5, 5.41) is 6.41. The highest BCUT2D eigenvalue weighted by atomic mass is 79.9. The van der Waals surface area contributed by atoms with Gasteiger partial charge < -0.3 is 5.73 Å². The maximum atomic E-state index is 6.34. The van der Waals surface area contributed by atoms with E-state index in [4.69, 9.17) is 5.73 Å². The first kappa shape index (κ1) is 12.6. The lowest BCUT2D eigenvalue weighted by atomic mass is 10.2. The molecule has 0 spiro atoms. The lowest BCUT2D eigenvalue weighted by Crippen LogP contribution is -2.15. The highest BCUT2D eigenvalue weighted by Crippen LogP contribution is 2.29. The van der Waals surface area contributed by atoms with Gasteiger partial charge in [0.25, 0.3) is 0 Å². The summed E-state index contributed by atoms with van der Waals surface area (Å²) in [7, 11) is 0. The van der Waals surface area contributed by atoms with Gasteiger partial charge in [-0.3, -0.25) is 0 Å². The Kier molecular flexibility index (Phi) is 3.50. The Labute approximate surface area is 123 Å². The highest BCUT2D eigenvalue weighted by molar-refractivity contribution is 9.10. The molecule has 2 N–H and O–H groups in total. The average molecular weight is 334 g/mol. The van der Waals surface area contributed by atoms with Gasteiger partial charge in [0.15, 0.2) is 0 Å². The molecule has 0 radical (unpaired) electrons. The van der Waals surface area contributed by atoms with Crippen LogP contribution in [0.25, 0.3) is 5.69 Å². The fourth-order valence-electron chi connectivity index (χ4n) is 1.97. The molecule has 19 heavy (non-hydrogen) atoms. The molecule has 2 heterocycles. The number of nitrogens with zero attached hydrogens (tertiary/aromatic N) is 2. The summed E-state index contributed by atoms with van der Waals surface area (Å²) in [6.45, 7) is 0. The molecule has 0 aliphatic carbocycles. The number of hydrogen-bond acceptors (Lipinski definition) is 3. The van der Waals surface area contributed by atoms with Crippen LogP contribution < -0.4 is 5.73 Å². The van der Waals surface area contributed by atoms with E-state index in [1.54, 1.807) is 17.5 Å². The van der Waals surface area contributed by atoms with Gasteiger partial charge in [-0.05, 0) is 40.2 Å². The van der Waals surface area contributed by atoms with Crippen molar-refractivity contribution < 1.29 is 0 Å². The SMILES string of the molecule is NC(c1cc(Br)cs1)c1ccnn1-c1ccccc1. The van der Waals surface area contributed by atoms with E-state index in [-0.39, 0.29) is 6.04 Å². The standard InChI is InChI=1S/C14H12BrN3S/c15-10-8-13(19-9-10)14(16)12-6-7-17-18(12)11-4-2-1-3-5-11/h1-9,14H,16H2. The minimum absolute atomic E-state index is 0.168. The maximum Gasteiger partial charge on any atom is 0.0821 e. The summed E-state index contributed by atoms with van der Waals surface area (Å²) in [5.41, 5.74) is 8.35. The second-order valence-electron chi connectivity index (χ2n) is 4.15. The van der Waals surface area contributed by atoms with Gasteiger partial charge in [-0.2, -0.15) is 5.10 Å². The number of para-hydroxylation sites is 1. The summed E-state index contributed by atoms with van der Waals surface area (Å²) < 4.78 is 2.95. The van der Waals surface area contributed by atoms with Gasteiger partial charge in [-0.15, -0.1) is 11.3 Å². The van der Waals surface area contributed by atoms with E-state index in [9.17, 15) is 0 Å². The third-order valence-electron chi connectivity index (χ3n) is 2.89. The van der Waals surface area contributed by atoms with E-state index in [0.29, 0.717) is 0 Å².